The fourth-order valence-electron chi connectivity index (χ4n) is 0.552. The van der Waals surface area contributed by atoms with Gasteiger partial charge >= 0.3 is 0 Å². The van der Waals surface area contributed by atoms with Crippen LogP contribution in [-0.4, -0.2) is 35.5 Å². The SMILES string of the molecule is CN(C)/C=N\c1ccc(Br)nn1. The molecule has 0 N–H and O–H groups in total. The molecule has 1 aromatic rings. The summed E-state index contributed by atoms with van der Waals surface area (Å²) in [5, 5.41) is 7.62. The van der Waals surface area contributed by atoms with Crippen LogP contribution in [0.2, 0.25) is 0 Å². The summed E-state index contributed by atoms with van der Waals surface area (Å²) in [5.74, 6) is 0.604. The second kappa shape index (κ2) is 4.15. The molecule has 1 rings (SSSR count). The van der Waals surface area contributed by atoms with Crippen molar-refractivity contribution in [2.45, 2.75) is 0 Å². The smallest absolute Gasteiger partial charge is 0.175 e. The average Bonchev–Trinajstić information content (AvgIpc) is 2.03. The maximum Gasteiger partial charge on any atom is 0.175 e. The van der Waals surface area contributed by atoms with E-state index >= 15 is 0 Å². The van der Waals surface area contributed by atoms with Crippen molar-refractivity contribution in [3.8, 4) is 0 Å². The van der Waals surface area contributed by atoms with E-state index in [2.05, 4.69) is 31.1 Å². The zero-order chi connectivity index (χ0) is 8.97. The van der Waals surface area contributed by atoms with Gasteiger partial charge in [0, 0.05) is 14.1 Å². The van der Waals surface area contributed by atoms with Crippen molar-refractivity contribution < 1.29 is 0 Å². The summed E-state index contributed by atoms with van der Waals surface area (Å²) in [4.78, 5) is 5.89. The van der Waals surface area contributed by atoms with Gasteiger partial charge in [-0.1, -0.05) is 0 Å². The number of hydrogen-bond acceptors (Lipinski definition) is 3. The molecule has 4 nitrogen and oxygen atoms in total. The van der Waals surface area contributed by atoms with Crippen LogP contribution in [0.5, 0.6) is 0 Å². The topological polar surface area (TPSA) is 41.4 Å². The molecule has 0 aliphatic rings. The van der Waals surface area contributed by atoms with Crippen LogP contribution in [0.25, 0.3) is 0 Å². The van der Waals surface area contributed by atoms with Crippen molar-refractivity contribution in [1.29, 1.82) is 0 Å². The van der Waals surface area contributed by atoms with Crippen molar-refractivity contribution in [1.82, 2.24) is 15.1 Å². The average molecular weight is 229 g/mol. The van der Waals surface area contributed by atoms with Crippen LogP contribution in [0.3, 0.4) is 0 Å². The van der Waals surface area contributed by atoms with E-state index in [0.717, 1.165) is 0 Å². The Kier molecular flexibility index (Phi) is 3.16. The first-order valence-corrected chi connectivity index (χ1v) is 4.17. The lowest BCUT2D eigenvalue weighted by molar-refractivity contribution is 0.642. The molecule has 0 unspecified atom stereocenters. The van der Waals surface area contributed by atoms with Gasteiger partial charge in [-0.25, -0.2) is 4.99 Å². The standard InChI is InChI=1S/C7H9BrN4/c1-12(2)5-9-7-4-3-6(8)10-11-7/h3-5H,1-2H3/b9-5-. The molecule has 0 radical (unpaired) electrons. The van der Waals surface area contributed by atoms with Gasteiger partial charge in [0.1, 0.15) is 4.60 Å². The summed E-state index contributed by atoms with van der Waals surface area (Å²) in [6.45, 7) is 0. The molecule has 0 spiro atoms. The van der Waals surface area contributed by atoms with E-state index in [1.807, 2.05) is 19.0 Å². The van der Waals surface area contributed by atoms with E-state index in [9.17, 15) is 0 Å². The van der Waals surface area contributed by atoms with E-state index in [-0.39, 0.29) is 0 Å². The number of rotatable bonds is 2. The molecular weight excluding hydrogens is 220 g/mol. The van der Waals surface area contributed by atoms with Gasteiger partial charge in [0.05, 0.1) is 6.34 Å². The third kappa shape index (κ3) is 2.96. The van der Waals surface area contributed by atoms with Crippen molar-refractivity contribution in [2.24, 2.45) is 4.99 Å². The monoisotopic (exact) mass is 228 g/mol. The molecule has 5 heteroatoms. The van der Waals surface area contributed by atoms with Gasteiger partial charge in [-0.3, -0.25) is 0 Å². The lowest BCUT2D eigenvalue weighted by Crippen LogP contribution is -2.07. The fourth-order valence-corrected chi connectivity index (χ4v) is 0.764. The number of halogens is 1. The molecule has 0 fully saturated rings. The largest absolute Gasteiger partial charge is 0.369 e. The van der Waals surface area contributed by atoms with Gasteiger partial charge in [-0.15, -0.1) is 10.2 Å². The van der Waals surface area contributed by atoms with Gasteiger partial charge in [0.25, 0.3) is 0 Å². The Morgan fingerprint density at radius 3 is 2.67 bits per heavy atom. The molecule has 0 saturated heterocycles. The van der Waals surface area contributed by atoms with Gasteiger partial charge in [0.15, 0.2) is 5.82 Å². The van der Waals surface area contributed by atoms with Crippen LogP contribution in [0, 0.1) is 0 Å². The maximum atomic E-state index is 4.05. The molecule has 1 heterocycles. The molecule has 0 amide bonds. The van der Waals surface area contributed by atoms with E-state index in [1.54, 1.807) is 18.5 Å². The van der Waals surface area contributed by atoms with Crippen LogP contribution >= 0.6 is 15.9 Å². The van der Waals surface area contributed by atoms with E-state index in [1.165, 1.54) is 0 Å². The number of nitrogens with zero attached hydrogens (tertiary/aromatic N) is 4. The van der Waals surface area contributed by atoms with Crippen molar-refractivity contribution >= 4 is 28.1 Å². The van der Waals surface area contributed by atoms with Crippen molar-refractivity contribution in [2.75, 3.05) is 14.1 Å². The minimum Gasteiger partial charge on any atom is -0.369 e. The third-order valence-electron chi connectivity index (χ3n) is 1.04. The van der Waals surface area contributed by atoms with E-state index in [0.29, 0.717) is 10.4 Å². The summed E-state index contributed by atoms with van der Waals surface area (Å²) in [5.41, 5.74) is 0. The molecule has 0 saturated carbocycles. The molecular formula is C7H9BrN4. The lowest BCUT2D eigenvalue weighted by Gasteiger charge is -2.00. The Bertz CT molecular complexity index is 267. The van der Waals surface area contributed by atoms with Gasteiger partial charge in [0.2, 0.25) is 0 Å². The highest BCUT2D eigenvalue weighted by molar-refractivity contribution is 9.10. The van der Waals surface area contributed by atoms with Crippen LogP contribution in [-0.2, 0) is 0 Å². The number of aliphatic imine (C=N–C) groups is 1. The summed E-state index contributed by atoms with van der Waals surface area (Å²) in [6.07, 6.45) is 1.68. The Morgan fingerprint density at radius 2 is 2.17 bits per heavy atom. The van der Waals surface area contributed by atoms with Crippen LogP contribution < -0.4 is 0 Å². The van der Waals surface area contributed by atoms with E-state index in [4.69, 9.17) is 0 Å². The molecule has 12 heavy (non-hydrogen) atoms. The second-order valence-corrected chi connectivity index (χ2v) is 3.23. The van der Waals surface area contributed by atoms with Crippen molar-refractivity contribution in [3.05, 3.63) is 16.7 Å². The summed E-state index contributed by atoms with van der Waals surface area (Å²) < 4.78 is 0.714. The Morgan fingerprint density at radius 1 is 1.42 bits per heavy atom. The van der Waals surface area contributed by atoms with Crippen molar-refractivity contribution in [3.63, 3.8) is 0 Å². The fraction of sp³-hybridized carbons (Fsp3) is 0.286. The number of aromatic nitrogens is 2. The van der Waals surface area contributed by atoms with E-state index < -0.39 is 0 Å². The molecule has 0 aromatic carbocycles. The highest BCUT2D eigenvalue weighted by Gasteiger charge is 1.90. The summed E-state index contributed by atoms with van der Waals surface area (Å²) >= 11 is 3.19. The highest BCUT2D eigenvalue weighted by Crippen LogP contribution is 2.08. The van der Waals surface area contributed by atoms with Gasteiger partial charge < -0.3 is 4.90 Å². The highest BCUT2D eigenvalue weighted by atomic mass is 79.9. The molecule has 0 atom stereocenters. The van der Waals surface area contributed by atoms with Gasteiger partial charge in [-0.2, -0.15) is 0 Å². The summed E-state index contributed by atoms with van der Waals surface area (Å²) in [7, 11) is 3.80. The summed E-state index contributed by atoms with van der Waals surface area (Å²) in [6, 6.07) is 3.59. The molecule has 0 aliphatic carbocycles. The minimum absolute atomic E-state index is 0.604. The predicted octanol–water partition coefficient (Wildman–Crippen LogP) is 1.46. The molecule has 64 valence electrons. The molecule has 0 bridgehead atoms. The Hall–Kier alpha value is -0.970. The van der Waals surface area contributed by atoms with Crippen LogP contribution in [0.4, 0.5) is 5.82 Å². The first kappa shape index (κ1) is 9.12. The first-order valence-electron chi connectivity index (χ1n) is 3.38. The molecule has 1 aromatic heterocycles. The predicted molar refractivity (Wildman–Crippen MR) is 51.6 cm³/mol. The number of hydrogen-bond donors (Lipinski definition) is 0. The van der Waals surface area contributed by atoms with Gasteiger partial charge in [-0.05, 0) is 28.1 Å². The Labute approximate surface area is 79.5 Å². The quantitative estimate of drug-likeness (QED) is 0.569. The maximum absolute atomic E-state index is 4.05. The zero-order valence-corrected chi connectivity index (χ0v) is 8.48. The third-order valence-corrected chi connectivity index (χ3v) is 1.46. The van der Waals surface area contributed by atoms with Crippen LogP contribution in [0.15, 0.2) is 21.7 Å². The zero-order valence-electron chi connectivity index (χ0n) is 6.90. The van der Waals surface area contributed by atoms with Crippen LogP contribution in [0.1, 0.15) is 0 Å². The molecule has 0 aliphatic heterocycles. The lowest BCUT2D eigenvalue weighted by atomic mass is 10.5. The minimum atomic E-state index is 0.604. The normalized spacial score (nSPS) is 10.6. The Balaban J connectivity index is 2.71. The first-order chi connectivity index (χ1) is 5.68. The second-order valence-electron chi connectivity index (χ2n) is 2.42.